The van der Waals surface area contributed by atoms with Gasteiger partial charge < -0.3 is 19.8 Å². The average molecular weight is 526 g/mol. The Morgan fingerprint density at radius 1 is 1.03 bits per heavy atom. The van der Waals surface area contributed by atoms with Gasteiger partial charge in [-0.25, -0.2) is 4.98 Å². The fraction of sp³-hybridized carbons (Fsp3) is 0.259. The van der Waals surface area contributed by atoms with Gasteiger partial charge in [0, 0.05) is 12.6 Å². The van der Waals surface area contributed by atoms with Crippen LogP contribution < -0.4 is 10.1 Å². The number of hydrogen-bond acceptors (Lipinski definition) is 6. The first-order valence-electron chi connectivity index (χ1n) is 11.9. The lowest BCUT2D eigenvalue weighted by Crippen LogP contribution is -2.15. The van der Waals surface area contributed by atoms with E-state index in [9.17, 15) is 18.0 Å². The number of pyridine rings is 1. The predicted molar refractivity (Wildman–Crippen MR) is 135 cm³/mol. The number of aromatic nitrogens is 4. The summed E-state index contributed by atoms with van der Waals surface area (Å²) in [6, 6.07) is 15.9. The lowest BCUT2D eigenvalue weighted by molar-refractivity contribution is -0.137. The Labute approximate surface area is 217 Å². The van der Waals surface area contributed by atoms with Crippen molar-refractivity contribution in [3.8, 4) is 16.9 Å². The fourth-order valence-corrected chi connectivity index (χ4v) is 3.65. The number of carbonyl (C=O) groups excluding carboxylic acids is 1. The SMILES string of the molecule is CC(C)OCCOc1ccc(C(F)(F)F)c(-c2ccnc(NC(=O)c3nnc(Cc4ccccc4)[nH]3)c2)c1. The van der Waals surface area contributed by atoms with E-state index in [0.29, 0.717) is 18.9 Å². The molecule has 4 rings (SSSR count). The van der Waals surface area contributed by atoms with E-state index in [1.54, 1.807) is 0 Å². The van der Waals surface area contributed by atoms with Crippen molar-refractivity contribution >= 4 is 11.7 Å². The van der Waals surface area contributed by atoms with E-state index in [1.807, 2.05) is 44.2 Å². The Hall–Kier alpha value is -4.25. The topological polar surface area (TPSA) is 102 Å². The van der Waals surface area contributed by atoms with Crippen LogP contribution >= 0.6 is 0 Å². The van der Waals surface area contributed by atoms with E-state index in [0.717, 1.165) is 11.6 Å². The van der Waals surface area contributed by atoms with Gasteiger partial charge in [-0.2, -0.15) is 13.2 Å². The van der Waals surface area contributed by atoms with Crippen LogP contribution in [0.25, 0.3) is 11.1 Å². The highest BCUT2D eigenvalue weighted by Gasteiger charge is 2.34. The molecule has 4 aromatic rings. The third kappa shape index (κ3) is 7.16. The number of hydrogen-bond donors (Lipinski definition) is 2. The first kappa shape index (κ1) is 26.8. The summed E-state index contributed by atoms with van der Waals surface area (Å²) >= 11 is 0. The van der Waals surface area contributed by atoms with Gasteiger partial charge in [-0.15, -0.1) is 10.2 Å². The van der Waals surface area contributed by atoms with Gasteiger partial charge in [0.2, 0.25) is 5.82 Å². The third-order valence-corrected chi connectivity index (χ3v) is 5.38. The van der Waals surface area contributed by atoms with Crippen LogP contribution in [0.3, 0.4) is 0 Å². The lowest BCUT2D eigenvalue weighted by Gasteiger charge is -2.16. The number of anilines is 1. The van der Waals surface area contributed by atoms with Crippen LogP contribution in [-0.4, -0.2) is 45.4 Å². The first-order chi connectivity index (χ1) is 18.2. The molecule has 8 nitrogen and oxygen atoms in total. The van der Waals surface area contributed by atoms with Crippen LogP contribution in [0.2, 0.25) is 0 Å². The third-order valence-electron chi connectivity index (χ3n) is 5.38. The van der Waals surface area contributed by atoms with E-state index in [4.69, 9.17) is 9.47 Å². The number of alkyl halides is 3. The second kappa shape index (κ2) is 11.9. The van der Waals surface area contributed by atoms with Crippen LogP contribution in [0.15, 0.2) is 66.9 Å². The molecule has 0 radical (unpaired) electrons. The van der Waals surface area contributed by atoms with Crippen LogP contribution in [0.1, 0.15) is 41.4 Å². The number of nitrogens with zero attached hydrogens (tertiary/aromatic N) is 3. The second-order valence-corrected chi connectivity index (χ2v) is 8.64. The molecule has 0 aliphatic rings. The normalized spacial score (nSPS) is 11.5. The molecule has 0 saturated carbocycles. The molecule has 2 N–H and O–H groups in total. The van der Waals surface area contributed by atoms with Crippen molar-refractivity contribution in [2.75, 3.05) is 18.5 Å². The van der Waals surface area contributed by atoms with Crippen LogP contribution in [-0.2, 0) is 17.3 Å². The molecule has 1 amide bonds. The molecule has 0 fully saturated rings. The number of carbonyl (C=O) groups is 1. The highest BCUT2D eigenvalue weighted by molar-refractivity contribution is 6.01. The molecule has 0 unspecified atom stereocenters. The van der Waals surface area contributed by atoms with Gasteiger partial charge in [-0.05, 0) is 60.9 Å². The zero-order chi connectivity index (χ0) is 27.1. The summed E-state index contributed by atoms with van der Waals surface area (Å²) in [4.78, 5) is 19.6. The molecule has 198 valence electrons. The number of H-pyrrole nitrogens is 1. The molecular weight excluding hydrogens is 499 g/mol. The minimum Gasteiger partial charge on any atom is -0.491 e. The van der Waals surface area contributed by atoms with E-state index in [2.05, 4.69) is 25.5 Å². The maximum atomic E-state index is 13.8. The van der Waals surface area contributed by atoms with Gasteiger partial charge in [0.1, 0.15) is 24.0 Å². The summed E-state index contributed by atoms with van der Waals surface area (Å²) in [5.74, 6) is 0.139. The summed E-state index contributed by atoms with van der Waals surface area (Å²) in [6.07, 6.45) is -2.82. The van der Waals surface area contributed by atoms with Crippen molar-refractivity contribution in [3.05, 3.63) is 89.6 Å². The van der Waals surface area contributed by atoms with Crippen molar-refractivity contribution in [3.63, 3.8) is 0 Å². The molecule has 0 atom stereocenters. The number of rotatable bonds is 10. The van der Waals surface area contributed by atoms with Crippen molar-refractivity contribution in [1.29, 1.82) is 0 Å². The minimum absolute atomic E-state index is 0.0135. The minimum atomic E-state index is -4.60. The number of ether oxygens (including phenoxy) is 2. The maximum absolute atomic E-state index is 13.8. The van der Waals surface area contributed by atoms with Gasteiger partial charge >= 0.3 is 6.18 Å². The Bertz CT molecular complexity index is 1370. The summed E-state index contributed by atoms with van der Waals surface area (Å²) < 4.78 is 52.4. The molecular formula is C27H26F3N5O3. The standard InChI is InChI=1S/C27H26F3N5O3/c1-17(2)37-12-13-38-20-8-9-22(27(28,29)30)21(16-20)19-10-11-31-23(15-19)33-26(36)25-32-24(34-35-25)14-18-6-4-3-5-7-18/h3-11,15-17H,12-14H2,1-2H3,(H,31,33,36)(H,32,34,35). The number of benzene rings is 2. The number of amides is 1. The molecule has 0 aliphatic heterocycles. The van der Waals surface area contributed by atoms with Crippen molar-refractivity contribution in [2.45, 2.75) is 32.5 Å². The molecule has 11 heteroatoms. The lowest BCUT2D eigenvalue weighted by atomic mass is 9.99. The highest BCUT2D eigenvalue weighted by Crippen LogP contribution is 2.39. The first-order valence-corrected chi connectivity index (χ1v) is 11.9. The fourth-order valence-electron chi connectivity index (χ4n) is 3.65. The highest BCUT2D eigenvalue weighted by atomic mass is 19.4. The molecule has 0 saturated heterocycles. The van der Waals surface area contributed by atoms with Gasteiger partial charge in [-0.1, -0.05) is 30.3 Å². The zero-order valence-electron chi connectivity index (χ0n) is 20.7. The van der Waals surface area contributed by atoms with Gasteiger partial charge in [0.15, 0.2) is 0 Å². The Morgan fingerprint density at radius 3 is 2.55 bits per heavy atom. The van der Waals surface area contributed by atoms with Crippen LogP contribution in [0.4, 0.5) is 19.0 Å². The number of aromatic amines is 1. The zero-order valence-corrected chi connectivity index (χ0v) is 20.7. The molecule has 38 heavy (non-hydrogen) atoms. The number of halogens is 3. The molecule has 0 spiro atoms. The maximum Gasteiger partial charge on any atom is 0.417 e. The van der Waals surface area contributed by atoms with Crippen molar-refractivity contribution < 1.29 is 27.4 Å². The van der Waals surface area contributed by atoms with Gasteiger partial charge in [0.25, 0.3) is 5.91 Å². The second-order valence-electron chi connectivity index (χ2n) is 8.64. The Balaban J connectivity index is 1.51. The van der Waals surface area contributed by atoms with Crippen molar-refractivity contribution in [1.82, 2.24) is 20.2 Å². The smallest absolute Gasteiger partial charge is 0.417 e. The summed E-state index contributed by atoms with van der Waals surface area (Å²) in [5.41, 5.74) is 0.243. The molecule has 0 aliphatic carbocycles. The summed E-state index contributed by atoms with van der Waals surface area (Å²) in [7, 11) is 0. The van der Waals surface area contributed by atoms with Crippen molar-refractivity contribution in [2.24, 2.45) is 0 Å². The average Bonchev–Trinajstić information content (AvgIpc) is 3.35. The van der Waals surface area contributed by atoms with Gasteiger partial charge in [-0.3, -0.25) is 4.79 Å². The molecule has 2 aromatic carbocycles. The molecule has 2 aromatic heterocycles. The number of nitrogens with one attached hydrogen (secondary N) is 2. The Morgan fingerprint density at radius 2 is 1.82 bits per heavy atom. The van der Waals surface area contributed by atoms with Crippen LogP contribution in [0.5, 0.6) is 5.75 Å². The molecule has 2 heterocycles. The predicted octanol–water partition coefficient (Wildman–Crippen LogP) is 5.53. The summed E-state index contributed by atoms with van der Waals surface area (Å²) in [6.45, 7) is 4.24. The van der Waals surface area contributed by atoms with E-state index in [-0.39, 0.29) is 41.2 Å². The monoisotopic (exact) mass is 525 g/mol. The molecule has 0 bridgehead atoms. The van der Waals surface area contributed by atoms with E-state index >= 15 is 0 Å². The Kier molecular flexibility index (Phi) is 8.37. The quantitative estimate of drug-likeness (QED) is 0.264. The summed E-state index contributed by atoms with van der Waals surface area (Å²) in [5, 5.41) is 10.4. The van der Waals surface area contributed by atoms with Crippen LogP contribution in [0, 0.1) is 0 Å². The van der Waals surface area contributed by atoms with E-state index in [1.165, 1.54) is 30.5 Å². The van der Waals surface area contributed by atoms with Gasteiger partial charge in [0.05, 0.1) is 18.3 Å². The largest absolute Gasteiger partial charge is 0.491 e. The van der Waals surface area contributed by atoms with E-state index < -0.39 is 17.6 Å².